The van der Waals surface area contributed by atoms with E-state index in [9.17, 15) is 5.11 Å². The number of para-hydroxylation sites is 3. The van der Waals surface area contributed by atoms with Crippen LogP contribution in [0.4, 0.5) is 0 Å². The van der Waals surface area contributed by atoms with Crippen LogP contribution in [0.2, 0.25) is 0 Å². The number of hydrogen-bond donors (Lipinski definition) is 1. The zero-order valence-corrected chi connectivity index (χ0v) is 46.6. The van der Waals surface area contributed by atoms with Crippen molar-refractivity contribution in [2.24, 2.45) is 0 Å². The van der Waals surface area contributed by atoms with E-state index in [0.717, 1.165) is 61.5 Å². The Morgan fingerprint density at radius 1 is 0.411 bits per heavy atom. The van der Waals surface area contributed by atoms with Gasteiger partial charge in [0.25, 0.3) is 0 Å². The summed E-state index contributed by atoms with van der Waals surface area (Å²) in [5.74, 6) is 0.188. The van der Waals surface area contributed by atoms with Crippen molar-refractivity contribution >= 4 is 21.8 Å². The van der Waals surface area contributed by atoms with Crippen LogP contribution in [0.15, 0.2) is 176 Å². The minimum atomic E-state index is -0.0553. The van der Waals surface area contributed by atoms with Gasteiger partial charge >= 0.3 is 0 Å². The predicted octanol–water partition coefficient (Wildman–Crippen LogP) is 18.3. The second kappa shape index (κ2) is 19.2. The van der Waals surface area contributed by atoms with Crippen molar-refractivity contribution in [3.05, 3.63) is 204 Å². The van der Waals surface area contributed by atoms with E-state index >= 15 is 0 Å². The normalized spacial score (nSPS) is 12.3. The van der Waals surface area contributed by atoms with Gasteiger partial charge in [0.1, 0.15) is 5.75 Å². The van der Waals surface area contributed by atoms with E-state index < -0.39 is 0 Å². The minimum absolute atomic E-state index is 0. The van der Waals surface area contributed by atoms with E-state index in [-0.39, 0.29) is 48.5 Å². The molecule has 1 N–H and O–H groups in total. The molecule has 0 radical (unpaired) electrons. The third kappa shape index (κ3) is 10.2. The van der Waals surface area contributed by atoms with Gasteiger partial charge in [-0.1, -0.05) is 203 Å². The summed E-state index contributed by atoms with van der Waals surface area (Å²) in [6.45, 7) is 27.4. The van der Waals surface area contributed by atoms with Crippen molar-refractivity contribution in [2.75, 3.05) is 0 Å². The van der Waals surface area contributed by atoms with E-state index in [4.69, 9.17) is 9.97 Å². The number of benzene rings is 7. The number of hydrogen-bond acceptors (Lipinski definition) is 3. The Kier molecular flexibility index (Phi) is 13.4. The average molecular weight is 1140 g/mol. The second-order valence-electron chi connectivity index (χ2n) is 23.8. The van der Waals surface area contributed by atoms with Crippen LogP contribution in [-0.4, -0.2) is 19.6 Å². The molecule has 5 heteroatoms. The fourth-order valence-electron chi connectivity index (χ4n) is 9.82. The molecule has 0 unspecified atom stereocenters. The maximum Gasteiger partial charge on any atom is 0.124 e. The summed E-state index contributed by atoms with van der Waals surface area (Å²) in [5, 5.41) is 13.6. The number of phenols is 1. The van der Waals surface area contributed by atoms with Crippen LogP contribution in [0.1, 0.15) is 105 Å². The second-order valence-corrected chi connectivity index (χ2v) is 23.8. The van der Waals surface area contributed by atoms with Gasteiger partial charge in [0, 0.05) is 66.2 Å². The fourth-order valence-corrected chi connectivity index (χ4v) is 9.82. The minimum Gasteiger partial charge on any atom is -0.507 e. The van der Waals surface area contributed by atoms with Crippen LogP contribution in [0, 0.1) is 6.07 Å². The predicted molar refractivity (Wildman–Crippen MR) is 304 cm³/mol. The number of phenolic OH excluding ortho intramolecular Hbond substituents is 1. The first kappa shape index (κ1) is 51.0. The SMILES string of the molecule is CC(C)(C)c1cc(-c2ccc(-n3c4ccccc4c4cccc(-c5ccnc(-c6[c-]c(-c7cc(-c8cc(C(C)(C)C)cc(C(C)(C)C)c8)cc(-c8ccccc8O)n7)ccc6)c5)c43)cc2)cc(C(C)(C)C)c1.[Pt]. The molecule has 4 nitrogen and oxygen atoms in total. The van der Waals surface area contributed by atoms with Crippen LogP contribution < -0.4 is 0 Å². The molecular formula is C68H66N3OPt-. The molecule has 0 aliphatic carbocycles. The summed E-state index contributed by atoms with van der Waals surface area (Å²) in [6, 6.07) is 64.5. The van der Waals surface area contributed by atoms with E-state index in [2.05, 4.69) is 239 Å². The standard InChI is InChI=1S/C68H66N3O.Pt/c1-65(2,3)50-34-47(35-51(41-50)66(4,5)6)43-27-29-54(30-28-43)71-62-25-15-13-21-56(62)57-24-18-23-55(64(57)71)44-31-32-69-59(38-44)45-19-17-20-46(33-45)60-39-49(40-61(70-60)58-22-14-16-26-63(58)72)48-36-52(67(7,8)9)42-53(37-48)68(10,11)12;/h13-32,34-42,72H,1-12H3;/q-1;. The number of nitrogens with zero attached hydrogens (tertiary/aromatic N) is 3. The number of aromatic nitrogens is 3. The first-order chi connectivity index (χ1) is 34.1. The van der Waals surface area contributed by atoms with Gasteiger partial charge in [-0.25, -0.2) is 0 Å². The van der Waals surface area contributed by atoms with Crippen molar-refractivity contribution in [1.29, 1.82) is 0 Å². The number of pyridine rings is 2. The third-order valence-electron chi connectivity index (χ3n) is 14.2. The summed E-state index contributed by atoms with van der Waals surface area (Å²) in [5.41, 5.74) is 20.0. The molecule has 0 aliphatic heterocycles. The largest absolute Gasteiger partial charge is 0.507 e. The summed E-state index contributed by atoms with van der Waals surface area (Å²) < 4.78 is 2.42. The Labute approximate surface area is 447 Å². The molecule has 10 aromatic rings. The third-order valence-corrected chi connectivity index (χ3v) is 14.2. The van der Waals surface area contributed by atoms with Crippen molar-refractivity contribution in [3.63, 3.8) is 0 Å². The maximum absolute atomic E-state index is 11.1. The van der Waals surface area contributed by atoms with E-state index in [1.165, 1.54) is 44.2 Å². The molecule has 3 aromatic heterocycles. The summed E-state index contributed by atoms with van der Waals surface area (Å²) >= 11 is 0. The molecule has 370 valence electrons. The van der Waals surface area contributed by atoms with Crippen molar-refractivity contribution in [1.82, 2.24) is 14.5 Å². The van der Waals surface area contributed by atoms with Gasteiger partial charge in [0.15, 0.2) is 0 Å². The van der Waals surface area contributed by atoms with Crippen molar-refractivity contribution in [3.8, 4) is 78.6 Å². The molecule has 10 rings (SSSR count). The molecule has 0 amide bonds. The number of rotatable bonds is 7. The van der Waals surface area contributed by atoms with Crippen LogP contribution in [0.25, 0.3) is 94.6 Å². The van der Waals surface area contributed by atoms with Crippen LogP contribution in [-0.2, 0) is 42.7 Å². The first-order valence-electron chi connectivity index (χ1n) is 25.4. The van der Waals surface area contributed by atoms with E-state index in [0.29, 0.717) is 11.3 Å². The van der Waals surface area contributed by atoms with Gasteiger partial charge in [-0.05, 0) is 114 Å². The Morgan fingerprint density at radius 2 is 0.890 bits per heavy atom. The smallest absolute Gasteiger partial charge is 0.124 e. The van der Waals surface area contributed by atoms with Gasteiger partial charge < -0.3 is 9.67 Å². The Morgan fingerprint density at radius 3 is 1.49 bits per heavy atom. The number of aromatic hydroxyl groups is 1. The fraction of sp³-hybridized carbons (Fsp3) is 0.235. The monoisotopic (exact) mass is 1140 g/mol. The summed E-state index contributed by atoms with van der Waals surface area (Å²) in [7, 11) is 0. The van der Waals surface area contributed by atoms with Gasteiger partial charge in [0.05, 0.1) is 16.7 Å². The molecule has 0 saturated heterocycles. The van der Waals surface area contributed by atoms with Crippen LogP contribution in [0.5, 0.6) is 5.75 Å². The molecule has 0 aliphatic rings. The molecule has 0 fully saturated rings. The zero-order chi connectivity index (χ0) is 50.9. The summed E-state index contributed by atoms with van der Waals surface area (Å²) in [4.78, 5) is 10.2. The van der Waals surface area contributed by atoms with E-state index in [1.807, 2.05) is 24.4 Å². The quantitative estimate of drug-likeness (QED) is 0.162. The van der Waals surface area contributed by atoms with Crippen LogP contribution in [0.3, 0.4) is 0 Å². The topological polar surface area (TPSA) is 50.9 Å². The Balaban J connectivity index is 0.00000656. The van der Waals surface area contributed by atoms with Gasteiger partial charge in [-0.2, -0.15) is 0 Å². The summed E-state index contributed by atoms with van der Waals surface area (Å²) in [6.07, 6.45) is 1.91. The van der Waals surface area contributed by atoms with Crippen LogP contribution >= 0.6 is 0 Å². The van der Waals surface area contributed by atoms with Gasteiger partial charge in [-0.15, -0.1) is 24.3 Å². The van der Waals surface area contributed by atoms with Crippen molar-refractivity contribution < 1.29 is 26.2 Å². The Bertz CT molecular complexity index is 3620. The molecule has 73 heavy (non-hydrogen) atoms. The molecule has 0 atom stereocenters. The molecule has 7 aromatic carbocycles. The first-order valence-corrected chi connectivity index (χ1v) is 25.4. The molecule has 0 spiro atoms. The molecule has 3 heterocycles. The molecule has 0 saturated carbocycles. The molecular weight excluding hydrogens is 1070 g/mol. The zero-order valence-electron chi connectivity index (χ0n) is 44.3. The van der Waals surface area contributed by atoms with Gasteiger partial charge in [0.2, 0.25) is 0 Å². The number of fused-ring (bicyclic) bond motifs is 3. The Hall–Kier alpha value is -6.87. The maximum atomic E-state index is 11.1. The van der Waals surface area contributed by atoms with Crippen molar-refractivity contribution in [2.45, 2.75) is 105 Å². The molecule has 0 bridgehead atoms. The van der Waals surface area contributed by atoms with Gasteiger partial charge in [-0.3, -0.25) is 9.97 Å². The average Bonchev–Trinajstić information content (AvgIpc) is 3.70. The van der Waals surface area contributed by atoms with E-state index in [1.54, 1.807) is 6.07 Å².